The van der Waals surface area contributed by atoms with E-state index in [0.29, 0.717) is 18.7 Å². The Bertz CT molecular complexity index is 919. The molecule has 2 aromatic rings. The third kappa shape index (κ3) is 4.66. The highest BCUT2D eigenvalue weighted by atomic mass is 32.2. The maximum absolute atomic E-state index is 12.8. The van der Waals surface area contributed by atoms with E-state index >= 15 is 0 Å². The molecule has 2 heterocycles. The number of nitrogens with one attached hydrogen (secondary N) is 1. The van der Waals surface area contributed by atoms with E-state index in [4.69, 9.17) is 0 Å². The molecule has 1 aromatic carbocycles. The van der Waals surface area contributed by atoms with Crippen molar-refractivity contribution in [1.82, 2.24) is 9.88 Å². The lowest BCUT2D eigenvalue weighted by Crippen LogP contribution is -2.41. The smallest absolute Gasteiger partial charge is 0.272 e. The predicted molar refractivity (Wildman–Crippen MR) is 107 cm³/mol. The molecule has 3 rings (SSSR count). The van der Waals surface area contributed by atoms with E-state index in [1.54, 1.807) is 17.2 Å². The molecule has 1 aliphatic rings. The summed E-state index contributed by atoms with van der Waals surface area (Å²) in [7, 11) is -3.04. The Morgan fingerprint density at radius 2 is 1.89 bits per heavy atom. The van der Waals surface area contributed by atoms with Gasteiger partial charge >= 0.3 is 0 Å². The van der Waals surface area contributed by atoms with Crippen LogP contribution in [-0.4, -0.2) is 48.3 Å². The van der Waals surface area contributed by atoms with Gasteiger partial charge in [-0.05, 0) is 62.6 Å². The van der Waals surface area contributed by atoms with E-state index in [0.717, 1.165) is 11.4 Å². The van der Waals surface area contributed by atoms with E-state index in [2.05, 4.69) is 16.4 Å². The van der Waals surface area contributed by atoms with Gasteiger partial charge < -0.3 is 10.2 Å². The highest BCUT2D eigenvalue weighted by Gasteiger charge is 2.34. The number of rotatable bonds is 5. The fourth-order valence-electron chi connectivity index (χ4n) is 3.54. The summed E-state index contributed by atoms with van der Waals surface area (Å²) in [6, 6.07) is 9.43. The first-order valence-electron chi connectivity index (χ1n) is 9.10. The standard InChI is InChI=1S/C20H25N3O3S/c1-4-23(18-7-8-27(25,26)13-18)20(24)19-6-5-16(12-21-19)22-17-10-14(2)9-15(3)11-17/h5-6,9-12,18,22H,4,7-8,13H2,1-3H3. The van der Waals surface area contributed by atoms with Gasteiger partial charge in [-0.3, -0.25) is 4.79 Å². The average Bonchev–Trinajstić information content (AvgIpc) is 2.95. The lowest BCUT2D eigenvalue weighted by atomic mass is 10.1. The number of anilines is 2. The molecule has 1 N–H and O–H groups in total. The summed E-state index contributed by atoms with van der Waals surface area (Å²) in [6.45, 7) is 6.41. The molecule has 6 nitrogen and oxygen atoms in total. The molecular weight excluding hydrogens is 362 g/mol. The molecule has 1 saturated heterocycles. The molecular formula is C20H25N3O3S. The van der Waals surface area contributed by atoms with Crippen LogP contribution in [0.1, 0.15) is 35.0 Å². The normalized spacial score (nSPS) is 18.3. The predicted octanol–water partition coefficient (Wildman–Crippen LogP) is 3.09. The van der Waals surface area contributed by atoms with Crippen molar-refractivity contribution in [1.29, 1.82) is 0 Å². The van der Waals surface area contributed by atoms with Crippen molar-refractivity contribution >= 4 is 27.1 Å². The van der Waals surface area contributed by atoms with Crippen molar-refractivity contribution in [2.75, 3.05) is 23.4 Å². The Kier molecular flexibility index (Phi) is 5.51. The second-order valence-corrected chi connectivity index (χ2v) is 9.31. The van der Waals surface area contributed by atoms with E-state index in [9.17, 15) is 13.2 Å². The van der Waals surface area contributed by atoms with Crippen LogP contribution in [-0.2, 0) is 9.84 Å². The summed E-state index contributed by atoms with van der Waals surface area (Å²) >= 11 is 0. The maximum atomic E-state index is 12.8. The molecule has 1 unspecified atom stereocenters. The van der Waals surface area contributed by atoms with Crippen LogP contribution in [0.25, 0.3) is 0 Å². The van der Waals surface area contributed by atoms with Gasteiger partial charge in [0.2, 0.25) is 0 Å². The minimum absolute atomic E-state index is 0.0406. The number of sulfone groups is 1. The first kappa shape index (κ1) is 19.4. The molecule has 0 spiro atoms. The van der Waals surface area contributed by atoms with Gasteiger partial charge in [-0.2, -0.15) is 0 Å². The first-order valence-corrected chi connectivity index (χ1v) is 10.9. The van der Waals surface area contributed by atoms with Crippen molar-refractivity contribution in [3.8, 4) is 0 Å². The summed E-state index contributed by atoms with van der Waals surface area (Å²) in [6.07, 6.45) is 2.12. The fourth-order valence-corrected chi connectivity index (χ4v) is 5.27. The second-order valence-electron chi connectivity index (χ2n) is 7.08. The Balaban J connectivity index is 1.73. The summed E-state index contributed by atoms with van der Waals surface area (Å²) in [5.41, 5.74) is 4.43. The molecule has 1 amide bonds. The van der Waals surface area contributed by atoms with Crippen LogP contribution < -0.4 is 5.32 Å². The van der Waals surface area contributed by atoms with Crippen LogP contribution >= 0.6 is 0 Å². The highest BCUT2D eigenvalue weighted by molar-refractivity contribution is 7.91. The summed E-state index contributed by atoms with van der Waals surface area (Å²) in [4.78, 5) is 18.7. The summed E-state index contributed by atoms with van der Waals surface area (Å²) in [5, 5.41) is 3.29. The topological polar surface area (TPSA) is 79.4 Å². The molecule has 1 aliphatic heterocycles. The van der Waals surface area contributed by atoms with Gasteiger partial charge in [0, 0.05) is 18.3 Å². The molecule has 27 heavy (non-hydrogen) atoms. The average molecular weight is 388 g/mol. The summed E-state index contributed by atoms with van der Waals surface area (Å²) < 4.78 is 23.4. The zero-order valence-electron chi connectivity index (χ0n) is 15.9. The van der Waals surface area contributed by atoms with Gasteiger partial charge in [-0.15, -0.1) is 0 Å². The number of hydrogen-bond donors (Lipinski definition) is 1. The third-order valence-electron chi connectivity index (χ3n) is 4.74. The van der Waals surface area contributed by atoms with Crippen molar-refractivity contribution in [3.05, 3.63) is 53.3 Å². The van der Waals surface area contributed by atoms with Crippen molar-refractivity contribution in [3.63, 3.8) is 0 Å². The zero-order chi connectivity index (χ0) is 19.6. The van der Waals surface area contributed by atoms with Gasteiger partial charge in [-0.25, -0.2) is 13.4 Å². The van der Waals surface area contributed by atoms with Gasteiger partial charge in [0.1, 0.15) is 5.69 Å². The molecule has 0 saturated carbocycles. The number of pyridine rings is 1. The highest BCUT2D eigenvalue weighted by Crippen LogP contribution is 2.21. The van der Waals surface area contributed by atoms with Crippen molar-refractivity contribution in [2.45, 2.75) is 33.2 Å². The number of aromatic nitrogens is 1. The Hall–Kier alpha value is -2.41. The van der Waals surface area contributed by atoms with E-state index in [1.807, 2.05) is 39.0 Å². The molecule has 0 radical (unpaired) electrons. The molecule has 0 aliphatic carbocycles. The van der Waals surface area contributed by atoms with Crippen LogP contribution in [0.2, 0.25) is 0 Å². The minimum Gasteiger partial charge on any atom is -0.354 e. The third-order valence-corrected chi connectivity index (χ3v) is 6.49. The van der Waals surface area contributed by atoms with E-state index < -0.39 is 9.84 Å². The monoisotopic (exact) mass is 387 g/mol. The number of benzene rings is 1. The quantitative estimate of drug-likeness (QED) is 0.853. The van der Waals surface area contributed by atoms with E-state index in [-0.39, 0.29) is 23.5 Å². The molecule has 1 fully saturated rings. The molecule has 0 bridgehead atoms. The Morgan fingerprint density at radius 1 is 1.19 bits per heavy atom. The Morgan fingerprint density at radius 3 is 2.41 bits per heavy atom. The van der Waals surface area contributed by atoms with Gasteiger partial charge in [0.15, 0.2) is 9.84 Å². The van der Waals surface area contributed by atoms with Gasteiger partial charge in [-0.1, -0.05) is 6.07 Å². The van der Waals surface area contributed by atoms with Crippen LogP contribution in [0.15, 0.2) is 36.5 Å². The molecule has 1 aromatic heterocycles. The van der Waals surface area contributed by atoms with Gasteiger partial charge in [0.05, 0.1) is 23.4 Å². The molecule has 1 atom stereocenters. The van der Waals surface area contributed by atoms with Crippen molar-refractivity contribution < 1.29 is 13.2 Å². The number of carbonyl (C=O) groups excluding carboxylic acids is 1. The lowest BCUT2D eigenvalue weighted by Gasteiger charge is -2.26. The fraction of sp³-hybridized carbons (Fsp3) is 0.400. The molecule has 144 valence electrons. The molecule has 7 heteroatoms. The number of nitrogens with zero attached hydrogens (tertiary/aromatic N) is 2. The van der Waals surface area contributed by atoms with Crippen LogP contribution in [0.3, 0.4) is 0 Å². The number of carbonyl (C=O) groups is 1. The van der Waals surface area contributed by atoms with Crippen LogP contribution in [0.5, 0.6) is 0 Å². The lowest BCUT2D eigenvalue weighted by molar-refractivity contribution is 0.0702. The van der Waals surface area contributed by atoms with Crippen molar-refractivity contribution in [2.24, 2.45) is 0 Å². The zero-order valence-corrected chi connectivity index (χ0v) is 16.7. The minimum atomic E-state index is -3.04. The maximum Gasteiger partial charge on any atom is 0.272 e. The first-order chi connectivity index (χ1) is 12.8. The second kappa shape index (κ2) is 7.68. The number of aryl methyl sites for hydroxylation is 2. The number of amides is 1. The van der Waals surface area contributed by atoms with E-state index in [1.165, 1.54) is 11.1 Å². The number of hydrogen-bond acceptors (Lipinski definition) is 5. The van der Waals surface area contributed by atoms with Gasteiger partial charge in [0.25, 0.3) is 5.91 Å². The Labute approximate surface area is 160 Å². The van der Waals surface area contributed by atoms with Crippen LogP contribution in [0, 0.1) is 13.8 Å². The summed E-state index contributed by atoms with van der Waals surface area (Å²) in [5.74, 6) is -0.0374. The van der Waals surface area contributed by atoms with Crippen LogP contribution in [0.4, 0.5) is 11.4 Å². The largest absolute Gasteiger partial charge is 0.354 e. The SMILES string of the molecule is CCN(C(=O)c1ccc(Nc2cc(C)cc(C)c2)cn1)C1CCS(=O)(=O)C1.